The first-order chi connectivity index (χ1) is 10.2. The lowest BCUT2D eigenvalue weighted by atomic mass is 10.0. The Morgan fingerprint density at radius 1 is 1.23 bits per heavy atom. The van der Waals surface area contributed by atoms with Crippen LogP contribution in [-0.2, 0) is 14.3 Å². The molecule has 1 N–H and O–H groups in total. The Morgan fingerprint density at radius 3 is 2.45 bits per heavy atom. The molecule has 0 heterocycles. The molecule has 0 saturated carbocycles. The maximum Gasteiger partial charge on any atom is 0.410 e. The molecule has 6 nitrogen and oxygen atoms in total. The monoisotopic (exact) mass is 309 g/mol. The molecular formula is C16H23NO5. The number of nitrogens with one attached hydrogen (secondary N) is 1. The molecule has 0 spiro atoms. The van der Waals surface area contributed by atoms with Crippen LogP contribution in [0.5, 0.6) is 5.75 Å². The van der Waals surface area contributed by atoms with Gasteiger partial charge in [-0.1, -0.05) is 18.2 Å². The highest BCUT2D eigenvalue weighted by atomic mass is 16.6. The number of hydrogen-bond donors (Lipinski definition) is 1. The van der Waals surface area contributed by atoms with Gasteiger partial charge in [-0.3, -0.25) is 10.1 Å². The maximum absolute atomic E-state index is 11.6. The van der Waals surface area contributed by atoms with Crippen LogP contribution >= 0.6 is 0 Å². The molecule has 22 heavy (non-hydrogen) atoms. The minimum atomic E-state index is -0.568. The molecule has 0 aliphatic heterocycles. The van der Waals surface area contributed by atoms with Gasteiger partial charge in [0.15, 0.2) is 6.73 Å². The van der Waals surface area contributed by atoms with E-state index in [0.717, 1.165) is 0 Å². The Hall–Kier alpha value is -2.24. The largest absolute Gasteiger partial charge is 0.473 e. The Bertz CT molecular complexity index is 522. The second-order valence-electron chi connectivity index (χ2n) is 5.75. The van der Waals surface area contributed by atoms with Gasteiger partial charge in [0.2, 0.25) is 0 Å². The minimum Gasteiger partial charge on any atom is -0.473 e. The van der Waals surface area contributed by atoms with Gasteiger partial charge in [-0.05, 0) is 33.8 Å². The van der Waals surface area contributed by atoms with Crippen molar-refractivity contribution in [2.45, 2.75) is 39.2 Å². The predicted octanol–water partition coefficient (Wildman–Crippen LogP) is 2.82. The highest BCUT2D eigenvalue weighted by molar-refractivity contribution is 5.78. The van der Waals surface area contributed by atoms with Crippen molar-refractivity contribution in [2.75, 3.05) is 13.8 Å². The van der Waals surface area contributed by atoms with Crippen LogP contribution < -0.4 is 10.1 Å². The number of carbonyl (C=O) groups excluding carboxylic acids is 2. The molecule has 0 aliphatic carbocycles. The smallest absolute Gasteiger partial charge is 0.410 e. The van der Waals surface area contributed by atoms with Crippen LogP contribution in [0.15, 0.2) is 24.3 Å². The molecule has 1 amide bonds. The summed E-state index contributed by atoms with van der Waals surface area (Å²) >= 11 is 0. The number of methoxy groups -OCH3 is 1. The highest BCUT2D eigenvalue weighted by Gasteiger charge is 2.20. The summed E-state index contributed by atoms with van der Waals surface area (Å²) in [5.41, 5.74) is 0.127. The lowest BCUT2D eigenvalue weighted by molar-refractivity contribution is -0.142. The molecule has 0 aromatic heterocycles. The van der Waals surface area contributed by atoms with Crippen LogP contribution in [0.1, 0.15) is 39.2 Å². The molecule has 122 valence electrons. The topological polar surface area (TPSA) is 73.9 Å². The zero-order valence-electron chi connectivity index (χ0n) is 13.6. The predicted molar refractivity (Wildman–Crippen MR) is 81.7 cm³/mol. The van der Waals surface area contributed by atoms with Crippen molar-refractivity contribution in [1.29, 1.82) is 0 Å². The van der Waals surface area contributed by atoms with Crippen LogP contribution in [0.3, 0.4) is 0 Å². The first kappa shape index (κ1) is 17.8. The van der Waals surface area contributed by atoms with E-state index in [9.17, 15) is 9.59 Å². The number of esters is 1. The summed E-state index contributed by atoms with van der Waals surface area (Å²) in [6.07, 6.45) is -0.564. The Labute approximate surface area is 130 Å². The van der Waals surface area contributed by atoms with Gasteiger partial charge in [0.1, 0.15) is 11.4 Å². The summed E-state index contributed by atoms with van der Waals surface area (Å²) in [5, 5.41) is 2.50. The van der Waals surface area contributed by atoms with E-state index in [4.69, 9.17) is 14.2 Å². The van der Waals surface area contributed by atoms with Gasteiger partial charge in [-0.15, -0.1) is 0 Å². The quantitative estimate of drug-likeness (QED) is 0.669. The average Bonchev–Trinajstić information content (AvgIpc) is 2.44. The van der Waals surface area contributed by atoms with Crippen molar-refractivity contribution >= 4 is 12.1 Å². The standard InChI is InChI=1S/C16H23NO5/c1-11(14(18)20-5)12-8-6-7-9-13(12)21-10-17-15(19)22-16(2,3)4/h6-9,11H,10H2,1-5H3,(H,17,19). The van der Waals surface area contributed by atoms with Gasteiger partial charge in [0.25, 0.3) is 0 Å². The van der Waals surface area contributed by atoms with E-state index in [2.05, 4.69) is 5.32 Å². The Morgan fingerprint density at radius 2 is 1.86 bits per heavy atom. The molecule has 6 heteroatoms. The number of rotatable bonds is 5. The van der Waals surface area contributed by atoms with Gasteiger partial charge < -0.3 is 14.2 Å². The van der Waals surface area contributed by atoms with E-state index >= 15 is 0 Å². The summed E-state index contributed by atoms with van der Waals surface area (Å²) < 4.78 is 15.4. The number of amides is 1. The fourth-order valence-electron chi connectivity index (χ4n) is 1.76. The molecule has 0 saturated heterocycles. The third-order valence-electron chi connectivity index (χ3n) is 2.78. The van der Waals surface area contributed by atoms with E-state index in [0.29, 0.717) is 11.3 Å². The molecular weight excluding hydrogens is 286 g/mol. The molecule has 0 bridgehead atoms. The Balaban J connectivity index is 2.63. The molecule has 1 aromatic carbocycles. The van der Waals surface area contributed by atoms with Crippen molar-refractivity contribution in [1.82, 2.24) is 5.32 Å². The summed E-state index contributed by atoms with van der Waals surface area (Å²) in [6, 6.07) is 7.11. The lowest BCUT2D eigenvalue weighted by Crippen LogP contribution is -2.34. The van der Waals surface area contributed by atoms with Crippen LogP contribution in [0.2, 0.25) is 0 Å². The van der Waals surface area contributed by atoms with E-state index in [1.165, 1.54) is 7.11 Å². The molecule has 0 aliphatic rings. The second-order valence-corrected chi connectivity index (χ2v) is 5.75. The maximum atomic E-state index is 11.6. The molecule has 1 rings (SSSR count). The molecule has 1 atom stereocenters. The van der Waals surface area contributed by atoms with Crippen molar-refractivity contribution in [3.05, 3.63) is 29.8 Å². The van der Waals surface area contributed by atoms with E-state index in [1.807, 2.05) is 6.07 Å². The fraction of sp³-hybridized carbons (Fsp3) is 0.500. The SMILES string of the molecule is COC(=O)C(C)c1ccccc1OCNC(=O)OC(C)(C)C. The number of ether oxygens (including phenoxy) is 3. The summed E-state index contributed by atoms with van der Waals surface area (Å²) in [4.78, 5) is 23.2. The van der Waals surface area contributed by atoms with Crippen molar-refractivity contribution in [3.63, 3.8) is 0 Å². The molecule has 1 aromatic rings. The number of alkyl carbamates (subject to hydrolysis) is 1. The van der Waals surface area contributed by atoms with Gasteiger partial charge in [0, 0.05) is 5.56 Å². The average molecular weight is 309 g/mol. The molecule has 0 fully saturated rings. The summed E-state index contributed by atoms with van der Waals surface area (Å²) in [6.45, 7) is 7.01. The molecule has 0 radical (unpaired) electrons. The van der Waals surface area contributed by atoms with Crippen LogP contribution in [0.4, 0.5) is 4.79 Å². The van der Waals surface area contributed by atoms with Gasteiger partial charge in [0.05, 0.1) is 13.0 Å². The minimum absolute atomic E-state index is 0.0557. The number of hydrogen-bond acceptors (Lipinski definition) is 5. The number of benzene rings is 1. The lowest BCUT2D eigenvalue weighted by Gasteiger charge is -2.20. The normalized spacial score (nSPS) is 12.2. The second kappa shape index (κ2) is 7.68. The third-order valence-corrected chi connectivity index (χ3v) is 2.78. The van der Waals surface area contributed by atoms with Gasteiger partial charge >= 0.3 is 12.1 Å². The zero-order chi connectivity index (χ0) is 16.8. The van der Waals surface area contributed by atoms with Crippen molar-refractivity contribution in [2.24, 2.45) is 0 Å². The number of carbonyl (C=O) groups is 2. The Kier molecular flexibility index (Phi) is 6.22. The van der Waals surface area contributed by atoms with E-state index in [1.54, 1.807) is 45.9 Å². The van der Waals surface area contributed by atoms with Crippen molar-refractivity contribution < 1.29 is 23.8 Å². The first-order valence-corrected chi connectivity index (χ1v) is 7.01. The number of para-hydroxylation sites is 1. The van der Waals surface area contributed by atoms with E-state index in [-0.39, 0.29) is 12.7 Å². The van der Waals surface area contributed by atoms with Crippen LogP contribution in [-0.4, -0.2) is 31.5 Å². The van der Waals surface area contributed by atoms with Gasteiger partial charge in [-0.25, -0.2) is 4.79 Å². The van der Waals surface area contributed by atoms with Gasteiger partial charge in [-0.2, -0.15) is 0 Å². The van der Waals surface area contributed by atoms with Crippen LogP contribution in [0, 0.1) is 0 Å². The highest BCUT2D eigenvalue weighted by Crippen LogP contribution is 2.27. The van der Waals surface area contributed by atoms with Crippen LogP contribution in [0.25, 0.3) is 0 Å². The van der Waals surface area contributed by atoms with E-state index < -0.39 is 17.6 Å². The first-order valence-electron chi connectivity index (χ1n) is 7.01. The van der Waals surface area contributed by atoms with Crippen molar-refractivity contribution in [3.8, 4) is 5.75 Å². The third kappa shape index (κ3) is 5.63. The summed E-state index contributed by atoms with van der Waals surface area (Å²) in [7, 11) is 1.34. The molecule has 1 unspecified atom stereocenters. The zero-order valence-corrected chi connectivity index (χ0v) is 13.6. The fourth-order valence-corrected chi connectivity index (χ4v) is 1.76. The summed E-state index contributed by atoms with van der Waals surface area (Å²) in [5.74, 6) is -0.296.